The van der Waals surface area contributed by atoms with Gasteiger partial charge in [0.2, 0.25) is 0 Å². The number of rotatable bonds is 11. The molecular weight excluding hydrogens is 367 g/mol. The van der Waals surface area contributed by atoms with E-state index in [9.17, 15) is 9.79 Å². The van der Waals surface area contributed by atoms with E-state index in [1.807, 2.05) is 0 Å². The Labute approximate surface area is 174 Å². The Morgan fingerprint density at radius 3 is 1.93 bits per heavy atom. The average Bonchev–Trinajstić information content (AvgIpc) is 2.57. The summed E-state index contributed by atoms with van der Waals surface area (Å²) in [5.41, 5.74) is 3.68. The Hall–Kier alpha value is -0.470. The van der Waals surface area contributed by atoms with Gasteiger partial charge in [0.25, 0.3) is 0 Å². The van der Waals surface area contributed by atoms with Crippen LogP contribution in [0.15, 0.2) is 18.2 Å². The molecule has 0 saturated carbocycles. The summed E-state index contributed by atoms with van der Waals surface area (Å²) in [6, 6.07) is 6.60. The number of hydrogen-bond donors (Lipinski definition) is 2. The molecule has 2 N–H and O–H groups in total. The van der Waals surface area contributed by atoms with Crippen LogP contribution in [-0.4, -0.2) is 9.79 Å². The molecule has 0 spiro atoms. The summed E-state index contributed by atoms with van der Waals surface area (Å²) in [6.07, 6.45) is 9.22. The largest absolute Gasteiger partial charge is 0.328 e. The van der Waals surface area contributed by atoms with Crippen molar-refractivity contribution in [3.8, 4) is 0 Å². The van der Waals surface area contributed by atoms with Gasteiger partial charge in [0, 0.05) is 0 Å². The van der Waals surface area contributed by atoms with Crippen molar-refractivity contribution in [2.24, 2.45) is 0 Å². The minimum Gasteiger partial charge on any atom is -0.328 e. The standard InChI is InChI=1S/C24H43O3P/c1-8-9-10-11-12-13-14-15-22(27-28(25)26)20-17-16-19(23(2,3)4)18-21(20)24(5,6)7/h16-18,22,25-26H,8-15H2,1-7H3. The first-order valence-electron chi connectivity index (χ1n) is 11.0. The number of hydrogen-bond acceptors (Lipinski definition) is 3. The highest BCUT2D eigenvalue weighted by molar-refractivity contribution is 7.39. The van der Waals surface area contributed by atoms with E-state index in [4.69, 9.17) is 4.52 Å². The molecule has 28 heavy (non-hydrogen) atoms. The Balaban J connectivity index is 2.97. The van der Waals surface area contributed by atoms with Gasteiger partial charge >= 0.3 is 8.60 Å². The van der Waals surface area contributed by atoms with E-state index in [-0.39, 0.29) is 16.9 Å². The molecule has 0 bridgehead atoms. The fourth-order valence-electron chi connectivity index (χ4n) is 3.62. The molecule has 1 atom stereocenters. The topological polar surface area (TPSA) is 49.7 Å². The maximum Gasteiger partial charge on any atom is 0.327 e. The van der Waals surface area contributed by atoms with Crippen LogP contribution in [0.1, 0.15) is 123 Å². The number of unbranched alkanes of at least 4 members (excludes halogenated alkanes) is 6. The normalized spacial score (nSPS) is 13.9. The second-order valence-electron chi connectivity index (χ2n) is 10.1. The molecule has 4 heteroatoms. The summed E-state index contributed by atoms with van der Waals surface area (Å²) in [7, 11) is -2.37. The summed E-state index contributed by atoms with van der Waals surface area (Å²) in [5.74, 6) is 0. The van der Waals surface area contributed by atoms with Gasteiger partial charge in [-0.15, -0.1) is 0 Å². The summed E-state index contributed by atoms with van der Waals surface area (Å²) in [6.45, 7) is 15.5. The van der Waals surface area contributed by atoms with Crippen molar-refractivity contribution in [3.05, 3.63) is 34.9 Å². The van der Waals surface area contributed by atoms with Crippen LogP contribution in [0.2, 0.25) is 0 Å². The van der Waals surface area contributed by atoms with E-state index in [0.29, 0.717) is 0 Å². The molecule has 1 rings (SSSR count). The maximum absolute atomic E-state index is 9.56. The molecule has 0 aliphatic carbocycles. The fraction of sp³-hybridized carbons (Fsp3) is 0.750. The summed E-state index contributed by atoms with van der Waals surface area (Å²) in [5, 5.41) is 0. The van der Waals surface area contributed by atoms with E-state index in [0.717, 1.165) is 18.4 Å². The zero-order valence-corrected chi connectivity index (χ0v) is 20.1. The fourth-order valence-corrected chi connectivity index (χ4v) is 4.07. The highest BCUT2D eigenvalue weighted by atomic mass is 31.2. The molecule has 3 nitrogen and oxygen atoms in total. The van der Waals surface area contributed by atoms with Gasteiger partial charge in [0.05, 0.1) is 6.10 Å². The summed E-state index contributed by atoms with van der Waals surface area (Å²) in [4.78, 5) is 19.1. The Kier molecular flexibility index (Phi) is 10.6. The Morgan fingerprint density at radius 2 is 1.43 bits per heavy atom. The van der Waals surface area contributed by atoms with Crippen LogP contribution in [0.5, 0.6) is 0 Å². The van der Waals surface area contributed by atoms with E-state index in [1.165, 1.54) is 49.7 Å². The van der Waals surface area contributed by atoms with Crippen LogP contribution in [0.25, 0.3) is 0 Å². The predicted octanol–water partition coefficient (Wildman–Crippen LogP) is 7.69. The molecule has 0 aromatic heterocycles. The van der Waals surface area contributed by atoms with Crippen molar-refractivity contribution in [3.63, 3.8) is 0 Å². The Bertz CT molecular complexity index is 570. The molecule has 0 radical (unpaired) electrons. The molecule has 0 aliphatic heterocycles. The lowest BCUT2D eigenvalue weighted by Crippen LogP contribution is -2.20. The molecule has 0 saturated heterocycles. The van der Waals surface area contributed by atoms with Crippen LogP contribution in [0.4, 0.5) is 0 Å². The van der Waals surface area contributed by atoms with E-state index < -0.39 is 8.60 Å². The lowest BCUT2D eigenvalue weighted by Gasteiger charge is -2.30. The van der Waals surface area contributed by atoms with Crippen molar-refractivity contribution >= 4 is 8.60 Å². The van der Waals surface area contributed by atoms with Gasteiger partial charge in [0.1, 0.15) is 0 Å². The third kappa shape index (κ3) is 8.91. The molecule has 0 aliphatic rings. The lowest BCUT2D eigenvalue weighted by molar-refractivity contribution is 0.159. The van der Waals surface area contributed by atoms with Crippen LogP contribution < -0.4 is 0 Å². The Morgan fingerprint density at radius 1 is 0.857 bits per heavy atom. The van der Waals surface area contributed by atoms with Gasteiger partial charge in [-0.05, 0) is 33.9 Å². The minimum absolute atomic E-state index is 0.0357. The third-order valence-corrected chi connectivity index (χ3v) is 5.81. The summed E-state index contributed by atoms with van der Waals surface area (Å²) < 4.78 is 5.62. The molecule has 0 fully saturated rings. The first-order valence-corrected chi connectivity index (χ1v) is 12.1. The van der Waals surface area contributed by atoms with Crippen LogP contribution >= 0.6 is 8.60 Å². The van der Waals surface area contributed by atoms with Gasteiger partial charge in [-0.2, -0.15) is 0 Å². The SMILES string of the molecule is CCCCCCCCCC(OP(O)O)c1ccc(C(C)(C)C)cc1C(C)(C)C. The van der Waals surface area contributed by atoms with E-state index in [1.54, 1.807) is 0 Å². The van der Waals surface area contributed by atoms with Gasteiger partial charge in [-0.25, -0.2) is 0 Å². The number of benzene rings is 1. The van der Waals surface area contributed by atoms with Gasteiger partial charge < -0.3 is 14.3 Å². The highest BCUT2D eigenvalue weighted by Gasteiger charge is 2.27. The van der Waals surface area contributed by atoms with E-state index in [2.05, 4.69) is 66.7 Å². The molecular formula is C24H43O3P. The second kappa shape index (κ2) is 11.6. The van der Waals surface area contributed by atoms with Gasteiger partial charge in [0.15, 0.2) is 0 Å². The van der Waals surface area contributed by atoms with Crippen molar-refractivity contribution < 1.29 is 14.3 Å². The monoisotopic (exact) mass is 410 g/mol. The molecule has 1 aromatic carbocycles. The third-order valence-electron chi connectivity index (χ3n) is 5.37. The molecule has 0 amide bonds. The summed E-state index contributed by atoms with van der Waals surface area (Å²) >= 11 is 0. The zero-order chi connectivity index (χ0) is 21.4. The lowest BCUT2D eigenvalue weighted by atomic mass is 9.77. The van der Waals surface area contributed by atoms with Gasteiger partial charge in [-0.3, -0.25) is 0 Å². The molecule has 162 valence electrons. The smallest absolute Gasteiger partial charge is 0.327 e. The van der Waals surface area contributed by atoms with Gasteiger partial charge in [-0.1, -0.05) is 112 Å². The maximum atomic E-state index is 9.56. The molecule has 1 aromatic rings. The predicted molar refractivity (Wildman–Crippen MR) is 122 cm³/mol. The van der Waals surface area contributed by atoms with E-state index >= 15 is 0 Å². The first-order chi connectivity index (χ1) is 13.0. The molecule has 0 heterocycles. The van der Waals surface area contributed by atoms with Crippen molar-refractivity contribution in [1.29, 1.82) is 0 Å². The van der Waals surface area contributed by atoms with Crippen molar-refractivity contribution in [2.45, 2.75) is 117 Å². The minimum atomic E-state index is -2.37. The first kappa shape index (κ1) is 25.6. The highest BCUT2D eigenvalue weighted by Crippen LogP contribution is 2.42. The van der Waals surface area contributed by atoms with Crippen molar-refractivity contribution in [2.75, 3.05) is 0 Å². The quantitative estimate of drug-likeness (QED) is 0.290. The zero-order valence-electron chi connectivity index (χ0n) is 19.2. The second-order valence-corrected chi connectivity index (χ2v) is 10.8. The molecule has 1 unspecified atom stereocenters. The van der Waals surface area contributed by atoms with Crippen LogP contribution in [0.3, 0.4) is 0 Å². The van der Waals surface area contributed by atoms with Crippen LogP contribution in [-0.2, 0) is 15.4 Å². The average molecular weight is 411 g/mol. The van der Waals surface area contributed by atoms with Crippen LogP contribution in [0, 0.1) is 0 Å². The van der Waals surface area contributed by atoms with Crippen molar-refractivity contribution in [1.82, 2.24) is 0 Å².